The molecule has 0 radical (unpaired) electrons. The molecule has 1 aliphatic rings. The standard InChI is InChI=1S/C21H29N3OS2/c1-15(19(25-3)18-10-7-12-24(18)2)20(26)23-17(21-22-11-13-27-21)14-16-8-5-4-6-9-16/h4-6,8-9,11,13,15,17-19H,7,10,12,14H2,1-3H3,(H,23,26)/t15-,17+,18+,19-/m1/s1. The zero-order valence-electron chi connectivity index (χ0n) is 16.3. The van der Waals surface area contributed by atoms with E-state index in [1.807, 2.05) is 17.6 Å². The summed E-state index contributed by atoms with van der Waals surface area (Å²) in [7, 11) is 3.98. The van der Waals surface area contributed by atoms with Crippen molar-refractivity contribution < 1.29 is 4.74 Å². The second-order valence-electron chi connectivity index (χ2n) is 7.30. The summed E-state index contributed by atoms with van der Waals surface area (Å²) in [6.45, 7) is 3.31. The summed E-state index contributed by atoms with van der Waals surface area (Å²) in [6.07, 6.45) is 5.22. The molecule has 4 atom stereocenters. The number of thiocarbonyl (C=S) groups is 1. The van der Waals surface area contributed by atoms with Crippen LogP contribution < -0.4 is 5.32 Å². The van der Waals surface area contributed by atoms with Crippen molar-refractivity contribution in [3.05, 3.63) is 52.5 Å². The average Bonchev–Trinajstić information content (AvgIpc) is 3.35. The van der Waals surface area contributed by atoms with Crippen LogP contribution in [0, 0.1) is 5.92 Å². The predicted octanol–water partition coefficient (Wildman–Crippen LogP) is 4.09. The van der Waals surface area contributed by atoms with Crippen molar-refractivity contribution in [3.8, 4) is 0 Å². The Labute approximate surface area is 172 Å². The first-order chi connectivity index (χ1) is 13.1. The number of nitrogens with zero attached hydrogens (tertiary/aromatic N) is 2. The number of aromatic nitrogens is 1. The van der Waals surface area contributed by atoms with Crippen molar-refractivity contribution in [2.75, 3.05) is 20.7 Å². The third-order valence-electron chi connectivity index (χ3n) is 5.48. The van der Waals surface area contributed by atoms with Gasteiger partial charge in [0, 0.05) is 30.6 Å². The highest BCUT2D eigenvalue weighted by atomic mass is 32.1. The molecule has 1 aliphatic heterocycles. The van der Waals surface area contributed by atoms with E-state index >= 15 is 0 Å². The topological polar surface area (TPSA) is 37.4 Å². The average molecular weight is 404 g/mol. The van der Waals surface area contributed by atoms with Crippen molar-refractivity contribution in [1.82, 2.24) is 15.2 Å². The zero-order valence-corrected chi connectivity index (χ0v) is 17.9. The number of likely N-dealkylation sites (N-methyl/N-ethyl adjacent to an activating group) is 1. The molecule has 6 heteroatoms. The molecule has 1 saturated heterocycles. The molecule has 2 heterocycles. The van der Waals surface area contributed by atoms with Crippen molar-refractivity contribution in [2.45, 2.75) is 44.4 Å². The van der Waals surface area contributed by atoms with Crippen molar-refractivity contribution in [2.24, 2.45) is 5.92 Å². The monoisotopic (exact) mass is 403 g/mol. The SMILES string of the molecule is CO[C@H]([C@@H](C)C(=S)N[C@@H](Cc1ccccc1)c1nccs1)[C@@H]1CCCN1C. The van der Waals surface area contributed by atoms with Gasteiger partial charge < -0.3 is 15.0 Å². The number of hydrogen-bond donors (Lipinski definition) is 1. The molecule has 3 rings (SSSR count). The lowest BCUT2D eigenvalue weighted by molar-refractivity contribution is 0.0202. The van der Waals surface area contributed by atoms with Crippen LogP contribution in [0.2, 0.25) is 0 Å². The Kier molecular flexibility index (Phi) is 7.35. The summed E-state index contributed by atoms with van der Waals surface area (Å²) >= 11 is 7.50. The summed E-state index contributed by atoms with van der Waals surface area (Å²) in [4.78, 5) is 7.79. The van der Waals surface area contributed by atoms with Crippen LogP contribution >= 0.6 is 23.6 Å². The summed E-state index contributed by atoms with van der Waals surface area (Å²) in [6, 6.07) is 11.0. The molecule has 146 valence electrons. The summed E-state index contributed by atoms with van der Waals surface area (Å²) in [5.41, 5.74) is 1.28. The van der Waals surface area contributed by atoms with Crippen molar-refractivity contribution in [3.63, 3.8) is 0 Å². The molecule has 0 amide bonds. The van der Waals surface area contributed by atoms with Crippen LogP contribution in [0.15, 0.2) is 41.9 Å². The van der Waals surface area contributed by atoms with Crippen LogP contribution in [0.25, 0.3) is 0 Å². The minimum absolute atomic E-state index is 0.0844. The first kappa shape index (κ1) is 20.4. The molecule has 0 aliphatic carbocycles. The van der Waals surface area contributed by atoms with Crippen LogP contribution in [0.4, 0.5) is 0 Å². The van der Waals surface area contributed by atoms with Gasteiger partial charge in [-0.3, -0.25) is 0 Å². The third-order valence-corrected chi connectivity index (χ3v) is 6.86. The number of nitrogens with one attached hydrogen (secondary N) is 1. The maximum atomic E-state index is 5.90. The zero-order chi connectivity index (χ0) is 19.2. The fourth-order valence-corrected chi connectivity index (χ4v) is 4.92. The van der Waals surface area contributed by atoms with Gasteiger partial charge in [0.05, 0.1) is 17.1 Å². The molecule has 1 aromatic carbocycles. The number of thiazole rings is 1. The second kappa shape index (κ2) is 9.73. The van der Waals surface area contributed by atoms with E-state index in [1.165, 1.54) is 18.4 Å². The molecule has 4 nitrogen and oxygen atoms in total. The molecule has 1 fully saturated rings. The van der Waals surface area contributed by atoms with E-state index < -0.39 is 0 Å². The second-order valence-corrected chi connectivity index (χ2v) is 8.67. The minimum Gasteiger partial charge on any atom is -0.379 e. The van der Waals surface area contributed by atoms with E-state index in [9.17, 15) is 0 Å². The number of methoxy groups -OCH3 is 1. The van der Waals surface area contributed by atoms with E-state index in [2.05, 4.69) is 53.4 Å². The molecule has 1 aromatic heterocycles. The molecule has 0 saturated carbocycles. The highest BCUT2D eigenvalue weighted by Crippen LogP contribution is 2.27. The van der Waals surface area contributed by atoms with E-state index in [1.54, 1.807) is 18.4 Å². The van der Waals surface area contributed by atoms with E-state index in [4.69, 9.17) is 17.0 Å². The van der Waals surface area contributed by atoms with Gasteiger partial charge in [0.2, 0.25) is 0 Å². The Morgan fingerprint density at radius 3 is 2.78 bits per heavy atom. The third kappa shape index (κ3) is 5.13. The normalized spacial score (nSPS) is 20.9. The lowest BCUT2D eigenvalue weighted by atomic mass is 9.95. The van der Waals surface area contributed by atoms with Gasteiger partial charge >= 0.3 is 0 Å². The van der Waals surface area contributed by atoms with Crippen LogP contribution in [0.5, 0.6) is 0 Å². The molecular formula is C21H29N3OS2. The van der Waals surface area contributed by atoms with Gasteiger partial charge in [0.25, 0.3) is 0 Å². The Bertz CT molecular complexity index is 707. The maximum Gasteiger partial charge on any atom is 0.115 e. The number of benzene rings is 1. The van der Waals surface area contributed by atoms with Gasteiger partial charge in [-0.05, 0) is 38.4 Å². The van der Waals surface area contributed by atoms with Crippen LogP contribution in [0.1, 0.15) is 36.4 Å². The predicted molar refractivity (Wildman–Crippen MR) is 116 cm³/mol. The Morgan fingerprint density at radius 1 is 1.41 bits per heavy atom. The Balaban J connectivity index is 1.71. The van der Waals surface area contributed by atoms with Crippen LogP contribution in [-0.2, 0) is 11.2 Å². The quantitative estimate of drug-likeness (QED) is 0.672. The molecular weight excluding hydrogens is 374 g/mol. The molecule has 0 spiro atoms. The molecule has 0 bridgehead atoms. The number of hydrogen-bond acceptors (Lipinski definition) is 5. The van der Waals surface area contributed by atoms with Crippen molar-refractivity contribution in [1.29, 1.82) is 0 Å². The summed E-state index contributed by atoms with van der Waals surface area (Å²) < 4.78 is 5.90. The molecule has 0 unspecified atom stereocenters. The van der Waals surface area contributed by atoms with Crippen LogP contribution in [0.3, 0.4) is 0 Å². The number of ether oxygens (including phenoxy) is 1. The molecule has 2 aromatic rings. The van der Waals surface area contributed by atoms with Gasteiger partial charge in [-0.2, -0.15) is 0 Å². The smallest absolute Gasteiger partial charge is 0.115 e. The highest BCUT2D eigenvalue weighted by molar-refractivity contribution is 7.80. The van der Waals surface area contributed by atoms with Gasteiger partial charge in [-0.25, -0.2) is 4.98 Å². The van der Waals surface area contributed by atoms with E-state index in [0.29, 0.717) is 6.04 Å². The fraction of sp³-hybridized carbons (Fsp3) is 0.524. The Hall–Kier alpha value is -1.34. The molecule has 27 heavy (non-hydrogen) atoms. The number of rotatable bonds is 8. The number of likely N-dealkylation sites (tertiary alicyclic amines) is 1. The Morgan fingerprint density at radius 2 is 2.19 bits per heavy atom. The fourth-order valence-electron chi connectivity index (χ4n) is 3.95. The van der Waals surface area contributed by atoms with E-state index in [0.717, 1.165) is 23.0 Å². The van der Waals surface area contributed by atoms with Gasteiger partial charge in [0.1, 0.15) is 5.01 Å². The molecule has 1 N–H and O–H groups in total. The maximum absolute atomic E-state index is 5.90. The lowest BCUT2D eigenvalue weighted by Gasteiger charge is -2.33. The van der Waals surface area contributed by atoms with E-state index in [-0.39, 0.29) is 18.1 Å². The first-order valence-electron chi connectivity index (χ1n) is 9.57. The van der Waals surface area contributed by atoms with Gasteiger partial charge in [-0.15, -0.1) is 11.3 Å². The van der Waals surface area contributed by atoms with Gasteiger partial charge in [0.15, 0.2) is 0 Å². The van der Waals surface area contributed by atoms with Crippen molar-refractivity contribution >= 4 is 28.5 Å². The first-order valence-corrected chi connectivity index (χ1v) is 10.9. The minimum atomic E-state index is 0.0844. The lowest BCUT2D eigenvalue weighted by Crippen LogP contribution is -2.47. The summed E-state index contributed by atoms with van der Waals surface area (Å²) in [5.74, 6) is 0.147. The van der Waals surface area contributed by atoms with Gasteiger partial charge in [-0.1, -0.05) is 49.5 Å². The largest absolute Gasteiger partial charge is 0.379 e. The van der Waals surface area contributed by atoms with Crippen LogP contribution in [-0.4, -0.2) is 47.7 Å². The highest BCUT2D eigenvalue weighted by Gasteiger charge is 2.35. The summed E-state index contributed by atoms with van der Waals surface area (Å²) in [5, 5.41) is 6.69.